The molecule has 0 bridgehead atoms. The summed E-state index contributed by atoms with van der Waals surface area (Å²) >= 11 is 5.82. The number of fused-ring (bicyclic) bond motifs is 1. The molecule has 3 heterocycles. The number of nitrogens with zero attached hydrogens (tertiary/aromatic N) is 3. The Hall–Kier alpha value is -2.41. The van der Waals surface area contributed by atoms with Gasteiger partial charge < -0.3 is 15.3 Å². The lowest BCUT2D eigenvalue weighted by atomic mass is 10.2. The van der Waals surface area contributed by atoms with Crippen molar-refractivity contribution in [2.75, 3.05) is 5.32 Å². The van der Waals surface area contributed by atoms with Gasteiger partial charge in [-0.2, -0.15) is 9.97 Å². The number of nitrogens with one attached hydrogen (secondary N) is 3. The first-order valence-corrected chi connectivity index (χ1v) is 5.88. The number of rotatable bonds is 3. The molecule has 0 atom stereocenters. The third kappa shape index (κ3) is 2.41. The summed E-state index contributed by atoms with van der Waals surface area (Å²) in [4.78, 5) is 28.8. The Morgan fingerprint density at radius 3 is 3.05 bits per heavy atom. The van der Waals surface area contributed by atoms with E-state index >= 15 is 0 Å². The van der Waals surface area contributed by atoms with Gasteiger partial charge in [0.25, 0.3) is 0 Å². The molecule has 0 saturated carbocycles. The van der Waals surface area contributed by atoms with Gasteiger partial charge in [0.1, 0.15) is 5.52 Å². The van der Waals surface area contributed by atoms with Crippen LogP contribution in [0.25, 0.3) is 11.2 Å². The Bertz CT molecular complexity index is 780. The number of aromatic nitrogens is 5. The van der Waals surface area contributed by atoms with E-state index in [0.29, 0.717) is 23.5 Å². The lowest BCUT2D eigenvalue weighted by Crippen LogP contribution is -2.08. The predicted octanol–water partition coefficient (Wildman–Crippen LogP) is 1.31. The molecule has 8 heteroatoms. The number of hydrogen-bond acceptors (Lipinski definition) is 5. The number of H-pyrrole nitrogens is 2. The lowest BCUT2D eigenvalue weighted by Gasteiger charge is -2.06. The molecule has 0 spiro atoms. The van der Waals surface area contributed by atoms with E-state index in [-0.39, 0.29) is 10.8 Å². The van der Waals surface area contributed by atoms with Crippen molar-refractivity contribution >= 4 is 28.6 Å². The highest BCUT2D eigenvalue weighted by atomic mass is 35.5. The summed E-state index contributed by atoms with van der Waals surface area (Å²) < 4.78 is 0. The average molecular weight is 277 g/mol. The molecule has 0 aliphatic heterocycles. The molecule has 19 heavy (non-hydrogen) atoms. The molecule has 3 aromatic rings. The van der Waals surface area contributed by atoms with Gasteiger partial charge in [-0.15, -0.1) is 0 Å². The largest absolute Gasteiger partial charge is 0.364 e. The predicted molar refractivity (Wildman–Crippen MR) is 71.1 cm³/mol. The van der Waals surface area contributed by atoms with Gasteiger partial charge in [0, 0.05) is 18.8 Å². The maximum atomic E-state index is 11.2. The first kappa shape index (κ1) is 11.7. The molecule has 3 rings (SSSR count). The fraction of sp³-hybridized carbons (Fsp3) is 0.0909. The first-order chi connectivity index (χ1) is 9.22. The Labute approximate surface area is 112 Å². The number of pyridine rings is 1. The van der Waals surface area contributed by atoms with Crippen LogP contribution in [-0.2, 0) is 6.54 Å². The Kier molecular flexibility index (Phi) is 2.88. The van der Waals surface area contributed by atoms with Gasteiger partial charge >= 0.3 is 0 Å². The maximum Gasteiger partial charge on any atom is 0.248 e. The second kappa shape index (κ2) is 4.69. The SMILES string of the molecule is O=c1cc(CNc2nc(Cl)nc3nc[nH]c23)cc[nH]1. The molecule has 3 aromatic heterocycles. The molecule has 0 amide bonds. The summed E-state index contributed by atoms with van der Waals surface area (Å²) in [6, 6.07) is 3.32. The van der Waals surface area contributed by atoms with Gasteiger partial charge in [0.05, 0.1) is 6.33 Å². The van der Waals surface area contributed by atoms with Gasteiger partial charge in [0.2, 0.25) is 10.8 Å². The van der Waals surface area contributed by atoms with Crippen LogP contribution in [-0.4, -0.2) is 24.9 Å². The molecule has 0 aliphatic rings. The highest BCUT2D eigenvalue weighted by Crippen LogP contribution is 2.18. The number of halogens is 1. The zero-order valence-corrected chi connectivity index (χ0v) is 10.4. The standard InChI is InChI=1S/C11H9ClN6O/c12-11-17-9(8-10(18-11)16-5-15-8)14-4-6-1-2-13-7(19)3-6/h1-3,5H,4H2,(H,13,19)(H2,14,15,16,17,18). The van der Waals surface area contributed by atoms with Crippen molar-refractivity contribution in [2.45, 2.75) is 6.54 Å². The average Bonchev–Trinajstić information content (AvgIpc) is 2.84. The highest BCUT2D eigenvalue weighted by molar-refractivity contribution is 6.28. The quantitative estimate of drug-likeness (QED) is 0.626. The van der Waals surface area contributed by atoms with Gasteiger partial charge in [-0.25, -0.2) is 4.98 Å². The zero-order valence-electron chi connectivity index (χ0n) is 9.64. The van der Waals surface area contributed by atoms with E-state index in [0.717, 1.165) is 5.56 Å². The van der Waals surface area contributed by atoms with E-state index in [1.807, 2.05) is 0 Å². The van der Waals surface area contributed by atoms with E-state index in [4.69, 9.17) is 11.6 Å². The van der Waals surface area contributed by atoms with E-state index in [1.165, 1.54) is 12.4 Å². The van der Waals surface area contributed by atoms with Crippen LogP contribution in [0.5, 0.6) is 0 Å². The van der Waals surface area contributed by atoms with Gasteiger partial charge in [-0.05, 0) is 23.2 Å². The molecule has 3 N–H and O–H groups in total. The fourth-order valence-electron chi connectivity index (χ4n) is 1.72. The molecule has 0 saturated heterocycles. The Morgan fingerprint density at radius 1 is 1.32 bits per heavy atom. The molecule has 0 fully saturated rings. The second-order valence-electron chi connectivity index (χ2n) is 3.86. The fourth-order valence-corrected chi connectivity index (χ4v) is 1.88. The molecule has 0 unspecified atom stereocenters. The number of aromatic amines is 2. The third-order valence-corrected chi connectivity index (χ3v) is 2.73. The molecule has 0 aromatic carbocycles. The third-order valence-electron chi connectivity index (χ3n) is 2.56. The number of anilines is 1. The summed E-state index contributed by atoms with van der Waals surface area (Å²) in [6.45, 7) is 0.450. The summed E-state index contributed by atoms with van der Waals surface area (Å²) in [5, 5.41) is 3.22. The number of hydrogen-bond donors (Lipinski definition) is 3. The number of imidazole rings is 1. The van der Waals surface area contributed by atoms with Crippen LogP contribution in [0, 0.1) is 0 Å². The van der Waals surface area contributed by atoms with E-state index < -0.39 is 0 Å². The van der Waals surface area contributed by atoms with Crippen molar-refractivity contribution in [3.8, 4) is 0 Å². The van der Waals surface area contributed by atoms with Gasteiger partial charge in [0.15, 0.2) is 11.5 Å². The monoisotopic (exact) mass is 276 g/mol. The molecule has 96 valence electrons. The normalized spacial score (nSPS) is 10.8. The Morgan fingerprint density at radius 2 is 2.21 bits per heavy atom. The van der Waals surface area contributed by atoms with E-state index in [2.05, 4.69) is 30.2 Å². The van der Waals surface area contributed by atoms with Crippen molar-refractivity contribution in [3.05, 3.63) is 45.9 Å². The van der Waals surface area contributed by atoms with Gasteiger partial charge in [-0.1, -0.05) is 0 Å². The van der Waals surface area contributed by atoms with Crippen LogP contribution >= 0.6 is 11.6 Å². The molecule has 0 radical (unpaired) electrons. The van der Waals surface area contributed by atoms with Crippen molar-refractivity contribution in [3.63, 3.8) is 0 Å². The van der Waals surface area contributed by atoms with Crippen molar-refractivity contribution in [2.24, 2.45) is 0 Å². The first-order valence-electron chi connectivity index (χ1n) is 5.50. The molecule has 0 aliphatic carbocycles. The van der Waals surface area contributed by atoms with Crippen LogP contribution in [0.2, 0.25) is 5.28 Å². The highest BCUT2D eigenvalue weighted by Gasteiger charge is 2.08. The zero-order chi connectivity index (χ0) is 13.2. The van der Waals surface area contributed by atoms with Gasteiger partial charge in [-0.3, -0.25) is 4.79 Å². The summed E-state index contributed by atoms with van der Waals surface area (Å²) in [6.07, 6.45) is 3.12. The smallest absolute Gasteiger partial charge is 0.248 e. The van der Waals surface area contributed by atoms with Crippen LogP contribution in [0.4, 0.5) is 5.82 Å². The van der Waals surface area contributed by atoms with Crippen LogP contribution in [0.15, 0.2) is 29.5 Å². The Balaban J connectivity index is 1.89. The van der Waals surface area contributed by atoms with Crippen molar-refractivity contribution < 1.29 is 0 Å². The summed E-state index contributed by atoms with van der Waals surface area (Å²) in [5.41, 5.74) is 1.86. The van der Waals surface area contributed by atoms with E-state index in [9.17, 15) is 4.79 Å². The topological polar surface area (TPSA) is 99.3 Å². The van der Waals surface area contributed by atoms with Crippen LogP contribution < -0.4 is 10.9 Å². The van der Waals surface area contributed by atoms with Crippen molar-refractivity contribution in [1.29, 1.82) is 0 Å². The maximum absolute atomic E-state index is 11.2. The minimum Gasteiger partial charge on any atom is -0.364 e. The molecular formula is C11H9ClN6O. The summed E-state index contributed by atoms with van der Waals surface area (Å²) in [5.74, 6) is 0.549. The van der Waals surface area contributed by atoms with Crippen molar-refractivity contribution in [1.82, 2.24) is 24.9 Å². The molecule has 7 nitrogen and oxygen atoms in total. The minimum atomic E-state index is -0.147. The van der Waals surface area contributed by atoms with Crippen LogP contribution in [0.1, 0.15) is 5.56 Å². The summed E-state index contributed by atoms with van der Waals surface area (Å²) in [7, 11) is 0. The van der Waals surface area contributed by atoms with Crippen LogP contribution in [0.3, 0.4) is 0 Å². The molecular weight excluding hydrogens is 268 g/mol. The van der Waals surface area contributed by atoms with E-state index in [1.54, 1.807) is 12.3 Å². The minimum absolute atomic E-state index is 0.119. The second-order valence-corrected chi connectivity index (χ2v) is 4.20. The lowest BCUT2D eigenvalue weighted by molar-refractivity contribution is 1.07.